The Balaban J connectivity index is 2.31. The predicted octanol–water partition coefficient (Wildman–Crippen LogP) is 1.96. The number of hydrogen-bond donors (Lipinski definition) is 0. The molecule has 0 radical (unpaired) electrons. The fourth-order valence-corrected chi connectivity index (χ4v) is 2.22. The van der Waals surface area contributed by atoms with E-state index in [-0.39, 0.29) is 23.0 Å². The van der Waals surface area contributed by atoms with E-state index < -0.39 is 0 Å². The molecule has 24 heavy (non-hydrogen) atoms. The van der Waals surface area contributed by atoms with Gasteiger partial charge in [-0.25, -0.2) is 9.97 Å². The maximum Gasteiger partial charge on any atom is 0.295 e. The van der Waals surface area contributed by atoms with Gasteiger partial charge in [0.2, 0.25) is 0 Å². The molecule has 10 nitrogen and oxygen atoms in total. The van der Waals surface area contributed by atoms with Gasteiger partial charge in [0.15, 0.2) is 23.0 Å². The van der Waals surface area contributed by atoms with Crippen molar-refractivity contribution in [2.75, 3.05) is 23.9 Å². The third kappa shape index (κ3) is 1.85. The molecule has 1 aliphatic heterocycles. The van der Waals surface area contributed by atoms with Crippen LogP contribution in [0.5, 0.6) is 0 Å². The molecule has 0 bridgehead atoms. The van der Waals surface area contributed by atoms with Crippen LogP contribution in [0.2, 0.25) is 0 Å². The molecule has 0 spiro atoms. The Labute approximate surface area is 136 Å². The van der Waals surface area contributed by atoms with E-state index in [0.717, 1.165) is 0 Å². The van der Waals surface area contributed by atoms with Gasteiger partial charge in [-0.05, 0) is 0 Å². The topological polar surface area (TPSA) is 114 Å². The SMILES string of the molecule is [C-]#[N+]c1nc2c(nc1[N+]#[C-])N(C)c1nc(C#N)c(C#N)nc1N2C. The Bertz CT molecular complexity index is 876. The predicted molar refractivity (Wildman–Crippen MR) is 82.1 cm³/mol. The molecule has 0 atom stereocenters. The molecule has 0 N–H and O–H groups in total. The summed E-state index contributed by atoms with van der Waals surface area (Å²) in [6, 6.07) is 3.66. The summed E-state index contributed by atoms with van der Waals surface area (Å²) in [6.45, 7) is 14.2. The van der Waals surface area contributed by atoms with Gasteiger partial charge in [-0.2, -0.15) is 10.5 Å². The van der Waals surface area contributed by atoms with E-state index in [1.165, 1.54) is 9.80 Å². The number of fused-ring (bicyclic) bond motifs is 2. The van der Waals surface area contributed by atoms with Crippen LogP contribution < -0.4 is 9.80 Å². The number of hydrogen-bond acceptors (Lipinski definition) is 8. The van der Waals surface area contributed by atoms with E-state index in [0.29, 0.717) is 23.3 Å². The lowest BCUT2D eigenvalue weighted by Gasteiger charge is -2.28. The summed E-state index contributed by atoms with van der Waals surface area (Å²) in [6.07, 6.45) is 0. The fraction of sp³-hybridized carbons (Fsp3) is 0.143. The zero-order chi connectivity index (χ0) is 17.4. The first-order valence-corrected chi connectivity index (χ1v) is 6.42. The Hall–Kier alpha value is -4.28. The number of anilines is 4. The van der Waals surface area contributed by atoms with Crippen LogP contribution in [-0.4, -0.2) is 34.0 Å². The number of nitrogens with zero attached hydrogens (tertiary/aromatic N) is 10. The molecular weight excluding hydrogens is 308 g/mol. The van der Waals surface area contributed by atoms with Crippen LogP contribution in [0.25, 0.3) is 9.69 Å². The highest BCUT2D eigenvalue weighted by molar-refractivity contribution is 5.87. The normalized spacial score (nSPS) is 11.4. The van der Waals surface area contributed by atoms with Gasteiger partial charge in [0.25, 0.3) is 23.3 Å². The maximum atomic E-state index is 9.11. The summed E-state index contributed by atoms with van der Waals surface area (Å²) >= 11 is 0. The first kappa shape index (κ1) is 14.6. The van der Waals surface area contributed by atoms with Gasteiger partial charge in [-0.3, -0.25) is 9.80 Å². The lowest BCUT2D eigenvalue weighted by atomic mass is 10.3. The molecule has 10 heteroatoms. The minimum Gasteiger partial charge on any atom is -0.370 e. The molecule has 3 heterocycles. The van der Waals surface area contributed by atoms with E-state index in [9.17, 15) is 0 Å². The van der Waals surface area contributed by atoms with Gasteiger partial charge in [0.05, 0.1) is 0 Å². The molecule has 112 valence electrons. The third-order valence-corrected chi connectivity index (χ3v) is 3.38. The maximum absolute atomic E-state index is 9.11. The van der Waals surface area contributed by atoms with Gasteiger partial charge in [0.1, 0.15) is 12.1 Å². The van der Waals surface area contributed by atoms with Crippen LogP contribution >= 0.6 is 0 Å². The van der Waals surface area contributed by atoms with Crippen molar-refractivity contribution in [1.82, 2.24) is 19.9 Å². The van der Waals surface area contributed by atoms with Crippen LogP contribution in [0.1, 0.15) is 11.4 Å². The van der Waals surface area contributed by atoms with E-state index in [2.05, 4.69) is 29.6 Å². The second-order valence-electron chi connectivity index (χ2n) is 4.65. The number of nitriles is 2. The molecule has 1 aliphatic rings. The molecule has 0 aliphatic carbocycles. The second-order valence-corrected chi connectivity index (χ2v) is 4.65. The van der Waals surface area contributed by atoms with Crippen molar-refractivity contribution < 1.29 is 0 Å². The van der Waals surface area contributed by atoms with E-state index in [1.807, 2.05) is 12.1 Å². The zero-order valence-electron chi connectivity index (χ0n) is 12.5. The van der Waals surface area contributed by atoms with E-state index >= 15 is 0 Å². The van der Waals surface area contributed by atoms with Crippen molar-refractivity contribution in [2.45, 2.75) is 0 Å². The molecular formula is C14H6N10. The lowest BCUT2D eigenvalue weighted by Crippen LogP contribution is -2.28. The zero-order valence-corrected chi connectivity index (χ0v) is 12.5. The number of rotatable bonds is 0. The molecule has 2 aromatic rings. The van der Waals surface area contributed by atoms with Crippen LogP contribution in [0.4, 0.5) is 34.9 Å². The Morgan fingerprint density at radius 2 is 1.08 bits per heavy atom. The molecule has 0 aromatic carbocycles. The average Bonchev–Trinajstić information content (AvgIpc) is 2.63. The van der Waals surface area contributed by atoms with Gasteiger partial charge in [0, 0.05) is 14.1 Å². The molecule has 0 amide bonds. The van der Waals surface area contributed by atoms with Crippen molar-refractivity contribution in [3.8, 4) is 12.1 Å². The van der Waals surface area contributed by atoms with Gasteiger partial charge in [-0.1, -0.05) is 13.1 Å². The fourth-order valence-electron chi connectivity index (χ4n) is 2.22. The van der Waals surface area contributed by atoms with Crippen molar-refractivity contribution in [1.29, 1.82) is 10.5 Å². The van der Waals surface area contributed by atoms with E-state index in [4.69, 9.17) is 23.7 Å². The van der Waals surface area contributed by atoms with Gasteiger partial charge in [-0.15, -0.1) is 9.97 Å². The minimum absolute atomic E-state index is 0.101. The van der Waals surface area contributed by atoms with Crippen molar-refractivity contribution >= 4 is 34.9 Å². The standard InChI is InChI=1S/C14H6N10/c1-17-9-10(18-2)22-14-13(21-9)23(3)11-12(24(14)4)20-8(6-16)7(5-15)19-11/h3-4H3. The van der Waals surface area contributed by atoms with Gasteiger partial charge >= 0.3 is 0 Å². The minimum atomic E-state index is -0.116. The van der Waals surface area contributed by atoms with Gasteiger partial charge < -0.3 is 9.69 Å². The van der Waals surface area contributed by atoms with Crippen molar-refractivity contribution in [2.24, 2.45) is 0 Å². The smallest absolute Gasteiger partial charge is 0.295 e. The molecule has 0 saturated heterocycles. The van der Waals surface area contributed by atoms with E-state index in [1.54, 1.807) is 14.1 Å². The molecule has 2 aromatic heterocycles. The van der Waals surface area contributed by atoms with Crippen LogP contribution in [-0.2, 0) is 0 Å². The first-order chi connectivity index (χ1) is 11.5. The largest absolute Gasteiger partial charge is 0.370 e. The van der Waals surface area contributed by atoms with Crippen molar-refractivity contribution in [3.63, 3.8) is 0 Å². The summed E-state index contributed by atoms with van der Waals surface area (Å²) in [5.41, 5.74) is -0.202. The summed E-state index contributed by atoms with van der Waals surface area (Å²) in [4.78, 5) is 26.1. The Morgan fingerprint density at radius 1 is 0.750 bits per heavy atom. The van der Waals surface area contributed by atoms with Crippen LogP contribution in [0, 0.1) is 35.8 Å². The molecule has 0 fully saturated rings. The molecule has 0 unspecified atom stereocenters. The molecule has 3 rings (SSSR count). The highest BCUT2D eigenvalue weighted by Gasteiger charge is 2.36. The second kappa shape index (κ2) is 5.17. The molecule has 0 saturated carbocycles. The highest BCUT2D eigenvalue weighted by Crippen LogP contribution is 2.44. The summed E-state index contributed by atoms with van der Waals surface area (Å²) in [5.74, 6) is 1.00. The summed E-state index contributed by atoms with van der Waals surface area (Å²) in [5, 5.41) is 18.2. The summed E-state index contributed by atoms with van der Waals surface area (Å²) < 4.78 is 0. The Kier molecular flexibility index (Phi) is 3.16. The van der Waals surface area contributed by atoms with Crippen LogP contribution in [0.15, 0.2) is 0 Å². The monoisotopic (exact) mass is 314 g/mol. The third-order valence-electron chi connectivity index (χ3n) is 3.38. The van der Waals surface area contributed by atoms with Crippen molar-refractivity contribution in [3.05, 3.63) is 34.2 Å². The Morgan fingerprint density at radius 3 is 1.38 bits per heavy atom. The summed E-state index contributed by atoms with van der Waals surface area (Å²) in [7, 11) is 3.26. The number of aromatic nitrogens is 4. The average molecular weight is 314 g/mol. The van der Waals surface area contributed by atoms with Crippen LogP contribution in [0.3, 0.4) is 0 Å². The lowest BCUT2D eigenvalue weighted by molar-refractivity contribution is 0.941. The quantitative estimate of drug-likeness (QED) is 0.678. The highest BCUT2D eigenvalue weighted by atomic mass is 15.4. The first-order valence-electron chi connectivity index (χ1n) is 6.42.